The van der Waals surface area contributed by atoms with Gasteiger partial charge in [-0.05, 0) is 26.3 Å². The highest BCUT2D eigenvalue weighted by Gasteiger charge is 2.36. The van der Waals surface area contributed by atoms with Gasteiger partial charge in [0, 0.05) is 13.2 Å². The molecule has 0 aromatic heterocycles. The van der Waals surface area contributed by atoms with E-state index in [0.717, 1.165) is 12.8 Å². The third kappa shape index (κ3) is 2.25. The third-order valence-corrected chi connectivity index (χ3v) is 3.14. The van der Waals surface area contributed by atoms with Crippen molar-refractivity contribution in [2.24, 2.45) is 0 Å². The number of hydrogen-bond acceptors (Lipinski definition) is 3. The number of carbonyl (C=O) groups is 1. The molecular weight excluding hydrogens is 182 g/mol. The predicted octanol–water partition coefficient (Wildman–Crippen LogP) is 0.959. The van der Waals surface area contributed by atoms with Gasteiger partial charge in [0.1, 0.15) is 6.04 Å². The Bertz CT molecular complexity index is 202. The number of rotatable bonds is 5. The van der Waals surface area contributed by atoms with E-state index < -0.39 is 5.97 Å². The van der Waals surface area contributed by atoms with Gasteiger partial charge in [-0.15, -0.1) is 0 Å². The van der Waals surface area contributed by atoms with E-state index in [-0.39, 0.29) is 6.04 Å². The summed E-state index contributed by atoms with van der Waals surface area (Å²) < 4.78 is 5.17. The fourth-order valence-corrected chi connectivity index (χ4v) is 1.95. The largest absolute Gasteiger partial charge is 0.480 e. The molecule has 1 N–H and O–H groups in total. The fourth-order valence-electron chi connectivity index (χ4n) is 1.95. The van der Waals surface area contributed by atoms with Gasteiger partial charge in [-0.2, -0.15) is 0 Å². The first-order valence-corrected chi connectivity index (χ1v) is 5.07. The molecule has 1 unspecified atom stereocenters. The summed E-state index contributed by atoms with van der Waals surface area (Å²) in [7, 11) is 3.59. The van der Waals surface area contributed by atoms with E-state index in [9.17, 15) is 4.79 Å². The molecule has 1 rings (SSSR count). The lowest BCUT2D eigenvalue weighted by atomic mass is 9.87. The van der Waals surface area contributed by atoms with Gasteiger partial charge < -0.3 is 9.84 Å². The van der Waals surface area contributed by atoms with Crippen LogP contribution in [0.2, 0.25) is 0 Å². The Kier molecular flexibility index (Phi) is 3.89. The summed E-state index contributed by atoms with van der Waals surface area (Å²) in [6.07, 6.45) is 2.89. The Morgan fingerprint density at radius 2 is 2.21 bits per heavy atom. The van der Waals surface area contributed by atoms with Crippen molar-refractivity contribution in [3.63, 3.8) is 0 Å². The maximum absolute atomic E-state index is 10.9. The molecule has 0 amide bonds. The summed E-state index contributed by atoms with van der Waals surface area (Å²) in [6, 6.07) is 0.0267. The van der Waals surface area contributed by atoms with E-state index in [2.05, 4.69) is 0 Å². The molecule has 14 heavy (non-hydrogen) atoms. The zero-order chi connectivity index (χ0) is 10.7. The minimum Gasteiger partial charge on any atom is -0.480 e. The predicted molar refractivity (Wildman–Crippen MR) is 53.3 cm³/mol. The molecule has 0 bridgehead atoms. The van der Waals surface area contributed by atoms with Gasteiger partial charge in [-0.25, -0.2) is 0 Å². The number of likely N-dealkylation sites (N-methyl/N-ethyl adjacent to an activating group) is 1. The molecule has 0 aliphatic heterocycles. The molecule has 0 radical (unpaired) electrons. The lowest BCUT2D eigenvalue weighted by Gasteiger charge is -2.42. The van der Waals surface area contributed by atoms with Crippen molar-refractivity contribution in [3.8, 4) is 0 Å². The first-order valence-electron chi connectivity index (χ1n) is 5.07. The topological polar surface area (TPSA) is 49.8 Å². The van der Waals surface area contributed by atoms with Gasteiger partial charge in [0.05, 0.1) is 6.10 Å². The first-order chi connectivity index (χ1) is 6.60. The molecule has 0 heterocycles. The minimum atomic E-state index is -0.726. The lowest BCUT2D eigenvalue weighted by Crippen LogP contribution is -2.52. The normalized spacial score (nSPS) is 28.6. The van der Waals surface area contributed by atoms with E-state index in [1.54, 1.807) is 7.11 Å². The molecule has 0 spiro atoms. The average Bonchev–Trinajstić information content (AvgIpc) is 2.02. The number of nitrogens with zero attached hydrogens (tertiary/aromatic N) is 1. The molecule has 0 aromatic carbocycles. The highest BCUT2D eigenvalue weighted by atomic mass is 16.5. The Morgan fingerprint density at radius 3 is 2.57 bits per heavy atom. The summed E-state index contributed by atoms with van der Waals surface area (Å²) in [6.45, 7) is 1.90. The Morgan fingerprint density at radius 1 is 1.64 bits per heavy atom. The van der Waals surface area contributed by atoms with Crippen LogP contribution in [0.15, 0.2) is 0 Å². The van der Waals surface area contributed by atoms with Crippen molar-refractivity contribution in [2.75, 3.05) is 14.2 Å². The molecule has 1 aliphatic rings. The third-order valence-electron chi connectivity index (χ3n) is 3.14. The van der Waals surface area contributed by atoms with Crippen molar-refractivity contribution < 1.29 is 14.6 Å². The average molecular weight is 201 g/mol. The Hall–Kier alpha value is -0.610. The maximum Gasteiger partial charge on any atom is 0.320 e. The number of methoxy groups -OCH3 is 1. The Balaban J connectivity index is 2.41. The van der Waals surface area contributed by atoms with Gasteiger partial charge in [0.25, 0.3) is 0 Å². The minimum absolute atomic E-state index is 0.328. The second-order valence-corrected chi connectivity index (χ2v) is 3.91. The molecule has 1 fully saturated rings. The van der Waals surface area contributed by atoms with E-state index in [1.807, 2.05) is 18.9 Å². The van der Waals surface area contributed by atoms with E-state index >= 15 is 0 Å². The summed E-state index contributed by atoms with van der Waals surface area (Å²) in [5.41, 5.74) is 0. The van der Waals surface area contributed by atoms with Gasteiger partial charge in [-0.1, -0.05) is 6.92 Å². The van der Waals surface area contributed by atoms with Crippen molar-refractivity contribution in [1.29, 1.82) is 0 Å². The molecule has 4 nitrogen and oxygen atoms in total. The zero-order valence-electron chi connectivity index (χ0n) is 9.06. The molecule has 4 heteroatoms. The highest BCUT2D eigenvalue weighted by Crippen LogP contribution is 2.28. The molecule has 1 saturated carbocycles. The molecule has 0 aromatic rings. The van der Waals surface area contributed by atoms with Crippen molar-refractivity contribution >= 4 is 5.97 Å². The van der Waals surface area contributed by atoms with E-state index in [0.29, 0.717) is 18.6 Å². The number of carboxylic acid groups (broad SMARTS) is 1. The van der Waals surface area contributed by atoms with Crippen LogP contribution in [-0.4, -0.2) is 48.3 Å². The molecule has 1 aliphatic carbocycles. The van der Waals surface area contributed by atoms with Gasteiger partial charge >= 0.3 is 5.97 Å². The van der Waals surface area contributed by atoms with Gasteiger partial charge in [-0.3, -0.25) is 9.69 Å². The van der Waals surface area contributed by atoms with Crippen molar-refractivity contribution in [3.05, 3.63) is 0 Å². The van der Waals surface area contributed by atoms with Crippen LogP contribution < -0.4 is 0 Å². The van der Waals surface area contributed by atoms with Crippen LogP contribution in [0.5, 0.6) is 0 Å². The summed E-state index contributed by atoms with van der Waals surface area (Å²) in [5.74, 6) is -0.726. The second-order valence-electron chi connectivity index (χ2n) is 3.91. The molecule has 0 saturated heterocycles. The fraction of sp³-hybridized carbons (Fsp3) is 0.900. The van der Waals surface area contributed by atoms with Crippen LogP contribution in [0.25, 0.3) is 0 Å². The van der Waals surface area contributed by atoms with E-state index in [4.69, 9.17) is 9.84 Å². The van der Waals surface area contributed by atoms with Crippen LogP contribution in [0.3, 0.4) is 0 Å². The number of hydrogen-bond donors (Lipinski definition) is 1. The number of carboxylic acids is 1. The highest BCUT2D eigenvalue weighted by molar-refractivity contribution is 5.73. The first kappa shape index (κ1) is 11.5. The SMILES string of the molecule is CCC(C(=O)O)N(C)C1CC(OC)C1. The summed E-state index contributed by atoms with van der Waals surface area (Å²) >= 11 is 0. The van der Waals surface area contributed by atoms with Crippen LogP contribution in [-0.2, 0) is 9.53 Å². The standard InChI is InChI=1S/C10H19NO3/c1-4-9(10(12)13)11(2)7-5-8(6-7)14-3/h7-9H,4-6H2,1-3H3,(H,12,13). The maximum atomic E-state index is 10.9. The quantitative estimate of drug-likeness (QED) is 0.719. The Labute approximate surface area is 84.8 Å². The summed E-state index contributed by atoms with van der Waals surface area (Å²) in [5, 5.41) is 8.96. The van der Waals surface area contributed by atoms with Crippen LogP contribution in [0.1, 0.15) is 26.2 Å². The van der Waals surface area contributed by atoms with Gasteiger partial charge in [0.2, 0.25) is 0 Å². The van der Waals surface area contributed by atoms with Crippen LogP contribution >= 0.6 is 0 Å². The molecular formula is C10H19NO3. The van der Waals surface area contributed by atoms with E-state index in [1.165, 1.54) is 0 Å². The van der Waals surface area contributed by atoms with Crippen LogP contribution in [0, 0.1) is 0 Å². The molecule has 1 atom stereocenters. The zero-order valence-corrected chi connectivity index (χ0v) is 9.06. The number of aliphatic carboxylic acids is 1. The van der Waals surface area contributed by atoms with Crippen LogP contribution in [0.4, 0.5) is 0 Å². The smallest absolute Gasteiger partial charge is 0.320 e. The molecule has 82 valence electrons. The van der Waals surface area contributed by atoms with Crippen molar-refractivity contribution in [2.45, 2.75) is 44.4 Å². The lowest BCUT2D eigenvalue weighted by molar-refractivity contribution is -0.146. The number of ether oxygens (including phenoxy) is 1. The second kappa shape index (κ2) is 4.75. The summed E-state index contributed by atoms with van der Waals surface area (Å²) in [4.78, 5) is 12.9. The van der Waals surface area contributed by atoms with Crippen molar-refractivity contribution in [1.82, 2.24) is 4.90 Å². The van der Waals surface area contributed by atoms with Gasteiger partial charge in [0.15, 0.2) is 0 Å². The monoisotopic (exact) mass is 201 g/mol.